The van der Waals surface area contributed by atoms with E-state index >= 15 is 0 Å². The van der Waals surface area contributed by atoms with E-state index in [-0.39, 0.29) is 17.0 Å². The van der Waals surface area contributed by atoms with Crippen LogP contribution < -0.4 is 0 Å². The van der Waals surface area contributed by atoms with Gasteiger partial charge in [-0.25, -0.2) is 4.99 Å². The van der Waals surface area contributed by atoms with Gasteiger partial charge in [-0.15, -0.1) is 17.0 Å². The normalized spacial score (nSPS) is 20.5. The largest absolute Gasteiger partial charge is 0.320 e. The molecule has 2 aliphatic rings. The third-order valence-electron chi connectivity index (χ3n) is 1.97. The van der Waals surface area contributed by atoms with Gasteiger partial charge in [-0.3, -0.25) is 0 Å². The van der Waals surface area contributed by atoms with Crippen LogP contribution in [0.5, 0.6) is 0 Å². The SMILES string of the molecule is Br.CC1=C(C)N2CC=CN=C2S1. The molecule has 12 heavy (non-hydrogen) atoms. The highest BCUT2D eigenvalue weighted by molar-refractivity contribution is 8.93. The van der Waals surface area contributed by atoms with Gasteiger partial charge in [0.2, 0.25) is 0 Å². The van der Waals surface area contributed by atoms with E-state index in [1.54, 1.807) is 11.8 Å². The molecule has 4 heteroatoms. The zero-order chi connectivity index (χ0) is 7.84. The first kappa shape index (κ1) is 9.86. The summed E-state index contributed by atoms with van der Waals surface area (Å²) in [6.07, 6.45) is 3.96. The molecule has 0 fully saturated rings. The van der Waals surface area contributed by atoms with Crippen LogP contribution in [-0.4, -0.2) is 16.6 Å². The summed E-state index contributed by atoms with van der Waals surface area (Å²) in [7, 11) is 0. The van der Waals surface area contributed by atoms with Gasteiger partial charge in [0.1, 0.15) is 0 Å². The molecule has 0 aliphatic carbocycles. The van der Waals surface area contributed by atoms with E-state index in [1.165, 1.54) is 10.6 Å². The molecule has 0 N–H and O–H groups in total. The van der Waals surface area contributed by atoms with E-state index < -0.39 is 0 Å². The van der Waals surface area contributed by atoms with E-state index in [2.05, 4.69) is 29.8 Å². The molecule has 0 spiro atoms. The molecule has 0 amide bonds. The molecule has 66 valence electrons. The first-order valence-electron chi connectivity index (χ1n) is 3.65. The number of thioether (sulfide) groups is 1. The van der Waals surface area contributed by atoms with Crippen LogP contribution in [0.25, 0.3) is 0 Å². The molecule has 2 aliphatic heterocycles. The minimum Gasteiger partial charge on any atom is -0.320 e. The molecule has 0 bridgehead atoms. The Labute approximate surface area is 87.2 Å². The minimum absolute atomic E-state index is 0. The zero-order valence-corrected chi connectivity index (χ0v) is 9.60. The number of fused-ring (bicyclic) bond motifs is 1. The Morgan fingerprint density at radius 2 is 2.25 bits per heavy atom. The van der Waals surface area contributed by atoms with Crippen molar-refractivity contribution in [2.45, 2.75) is 13.8 Å². The summed E-state index contributed by atoms with van der Waals surface area (Å²) in [6, 6.07) is 0. The van der Waals surface area contributed by atoms with Crippen molar-refractivity contribution in [1.82, 2.24) is 4.90 Å². The van der Waals surface area contributed by atoms with Gasteiger partial charge in [0.15, 0.2) is 5.17 Å². The molecule has 0 saturated carbocycles. The first-order chi connectivity index (χ1) is 5.29. The lowest BCUT2D eigenvalue weighted by Crippen LogP contribution is -2.24. The second kappa shape index (κ2) is 3.66. The molecule has 0 aromatic rings. The van der Waals surface area contributed by atoms with Gasteiger partial charge in [0, 0.05) is 23.3 Å². The highest BCUT2D eigenvalue weighted by atomic mass is 79.9. The highest BCUT2D eigenvalue weighted by Gasteiger charge is 2.23. The Kier molecular flexibility index (Phi) is 3.01. The fraction of sp³-hybridized carbons (Fsp3) is 0.375. The van der Waals surface area contributed by atoms with Crippen molar-refractivity contribution in [3.63, 3.8) is 0 Å². The van der Waals surface area contributed by atoms with Gasteiger partial charge in [-0.1, -0.05) is 11.8 Å². The van der Waals surface area contributed by atoms with Gasteiger partial charge in [-0.05, 0) is 19.9 Å². The fourth-order valence-corrected chi connectivity index (χ4v) is 2.15. The maximum absolute atomic E-state index is 4.28. The van der Waals surface area contributed by atoms with Crippen molar-refractivity contribution in [2.24, 2.45) is 4.99 Å². The van der Waals surface area contributed by atoms with Crippen molar-refractivity contribution in [1.29, 1.82) is 0 Å². The number of hydrogen-bond donors (Lipinski definition) is 0. The summed E-state index contributed by atoms with van der Waals surface area (Å²) >= 11 is 1.76. The molecule has 2 rings (SSSR count). The van der Waals surface area contributed by atoms with Gasteiger partial charge in [-0.2, -0.15) is 0 Å². The van der Waals surface area contributed by atoms with Crippen LogP contribution in [0.4, 0.5) is 0 Å². The smallest absolute Gasteiger partial charge is 0.172 e. The van der Waals surface area contributed by atoms with Crippen LogP contribution in [0.15, 0.2) is 27.9 Å². The predicted octanol–water partition coefficient (Wildman–Crippen LogP) is 2.75. The number of halogens is 1. The van der Waals surface area contributed by atoms with Crippen molar-refractivity contribution < 1.29 is 0 Å². The third-order valence-corrected chi connectivity index (χ3v) is 3.08. The first-order valence-corrected chi connectivity index (χ1v) is 4.46. The van der Waals surface area contributed by atoms with Gasteiger partial charge in [0.25, 0.3) is 0 Å². The Morgan fingerprint density at radius 1 is 1.50 bits per heavy atom. The van der Waals surface area contributed by atoms with Crippen LogP contribution in [-0.2, 0) is 0 Å². The average molecular weight is 247 g/mol. The molecule has 2 nitrogen and oxygen atoms in total. The van der Waals surface area contributed by atoms with Crippen molar-refractivity contribution in [3.8, 4) is 0 Å². The zero-order valence-electron chi connectivity index (χ0n) is 7.07. The minimum atomic E-state index is 0. The van der Waals surface area contributed by atoms with Gasteiger partial charge < -0.3 is 4.90 Å². The standard InChI is InChI=1S/C8H10N2S.BrH/c1-6-7(2)11-8-9-4-3-5-10(6)8;/h3-4H,5H2,1-2H3;1H. The predicted molar refractivity (Wildman–Crippen MR) is 59.6 cm³/mol. The average Bonchev–Trinajstić information content (AvgIpc) is 2.30. The van der Waals surface area contributed by atoms with E-state index in [9.17, 15) is 0 Å². The summed E-state index contributed by atoms with van der Waals surface area (Å²) < 4.78 is 0. The lowest BCUT2D eigenvalue weighted by atomic mass is 10.4. The summed E-state index contributed by atoms with van der Waals surface area (Å²) in [5, 5.41) is 1.13. The van der Waals surface area contributed by atoms with Crippen LogP contribution >= 0.6 is 28.7 Å². The maximum atomic E-state index is 4.28. The summed E-state index contributed by atoms with van der Waals surface area (Å²) in [4.78, 5) is 7.88. The lowest BCUT2D eigenvalue weighted by molar-refractivity contribution is 0.577. The lowest BCUT2D eigenvalue weighted by Gasteiger charge is -2.19. The monoisotopic (exact) mass is 246 g/mol. The van der Waals surface area contributed by atoms with Gasteiger partial charge in [0.05, 0.1) is 0 Å². The Bertz CT molecular complexity index is 281. The molecule has 0 saturated heterocycles. The van der Waals surface area contributed by atoms with Crippen molar-refractivity contribution in [3.05, 3.63) is 22.9 Å². The second-order valence-corrected chi connectivity index (χ2v) is 3.83. The molecule has 0 atom stereocenters. The quantitative estimate of drug-likeness (QED) is 0.654. The molecular formula is C8H11BrN2S. The number of nitrogens with zero attached hydrogens (tertiary/aromatic N) is 2. The summed E-state index contributed by atoms with van der Waals surface area (Å²) in [6.45, 7) is 5.26. The fourth-order valence-electron chi connectivity index (χ4n) is 1.18. The van der Waals surface area contributed by atoms with Gasteiger partial charge >= 0.3 is 0 Å². The van der Waals surface area contributed by atoms with Crippen LogP contribution in [0, 0.1) is 0 Å². The maximum Gasteiger partial charge on any atom is 0.172 e. The van der Waals surface area contributed by atoms with Crippen molar-refractivity contribution >= 4 is 33.9 Å². The van der Waals surface area contributed by atoms with E-state index in [0.29, 0.717) is 0 Å². The molecule has 2 heterocycles. The number of allylic oxidation sites excluding steroid dienone is 2. The number of aliphatic imine (C=N–C) groups is 1. The van der Waals surface area contributed by atoms with Crippen molar-refractivity contribution in [2.75, 3.05) is 6.54 Å². The molecular weight excluding hydrogens is 236 g/mol. The number of rotatable bonds is 0. The number of hydrogen-bond acceptors (Lipinski definition) is 3. The molecule has 0 aromatic carbocycles. The Morgan fingerprint density at radius 3 is 2.92 bits per heavy atom. The molecule has 0 aromatic heterocycles. The van der Waals surface area contributed by atoms with E-state index in [4.69, 9.17) is 0 Å². The number of amidine groups is 1. The summed E-state index contributed by atoms with van der Waals surface area (Å²) in [5.74, 6) is 0. The molecule has 0 unspecified atom stereocenters. The second-order valence-electron chi connectivity index (χ2n) is 2.65. The van der Waals surface area contributed by atoms with Crippen LogP contribution in [0.3, 0.4) is 0 Å². The van der Waals surface area contributed by atoms with Crippen LogP contribution in [0.2, 0.25) is 0 Å². The van der Waals surface area contributed by atoms with E-state index in [1.807, 2.05) is 6.20 Å². The van der Waals surface area contributed by atoms with Crippen LogP contribution in [0.1, 0.15) is 13.8 Å². The third kappa shape index (κ3) is 1.45. The topological polar surface area (TPSA) is 15.6 Å². The Hall–Kier alpha value is -0.220. The Balaban J connectivity index is 0.000000720. The summed E-state index contributed by atoms with van der Waals surface area (Å²) in [5.41, 5.74) is 1.35. The molecule has 0 radical (unpaired) electrons. The highest BCUT2D eigenvalue weighted by Crippen LogP contribution is 2.34. The van der Waals surface area contributed by atoms with E-state index in [0.717, 1.165) is 11.7 Å².